The summed E-state index contributed by atoms with van der Waals surface area (Å²) in [6.07, 6.45) is 3.58. The lowest BCUT2D eigenvalue weighted by molar-refractivity contribution is -0.0711. The molecule has 0 radical (unpaired) electrons. The maximum absolute atomic E-state index is 11.5. The van der Waals surface area contributed by atoms with Gasteiger partial charge in [-0.1, -0.05) is 30.3 Å². The van der Waals surface area contributed by atoms with Gasteiger partial charge in [0.1, 0.15) is 5.60 Å². The minimum Gasteiger partial charge on any atom is -0.421 e. The van der Waals surface area contributed by atoms with E-state index in [-0.39, 0.29) is 0 Å². The topological polar surface area (TPSA) is 61.5 Å². The maximum atomic E-state index is 11.5. The summed E-state index contributed by atoms with van der Waals surface area (Å²) in [5, 5.41) is 0. The van der Waals surface area contributed by atoms with Gasteiger partial charge in [-0.05, 0) is 37.2 Å². The maximum Gasteiger partial charge on any atom is 0.528 e. The van der Waals surface area contributed by atoms with Crippen LogP contribution < -0.4 is 5.90 Å². The summed E-state index contributed by atoms with van der Waals surface area (Å²) in [6, 6.07) is 9.95. The molecule has 2 bridgehead atoms. The fourth-order valence-electron chi connectivity index (χ4n) is 3.71. The van der Waals surface area contributed by atoms with Crippen molar-refractivity contribution in [2.75, 3.05) is 0 Å². The van der Waals surface area contributed by atoms with E-state index in [1.165, 1.54) is 6.42 Å². The summed E-state index contributed by atoms with van der Waals surface area (Å²) < 4.78 is 5.58. The van der Waals surface area contributed by atoms with E-state index in [2.05, 4.69) is 4.84 Å². The van der Waals surface area contributed by atoms with Crippen molar-refractivity contribution >= 4 is 6.16 Å². The van der Waals surface area contributed by atoms with Crippen molar-refractivity contribution in [3.05, 3.63) is 35.9 Å². The Hall–Kier alpha value is -1.55. The van der Waals surface area contributed by atoms with E-state index in [4.69, 9.17) is 10.6 Å². The molecule has 18 heavy (non-hydrogen) atoms. The van der Waals surface area contributed by atoms with Crippen LogP contribution in [0.2, 0.25) is 0 Å². The lowest BCUT2D eigenvalue weighted by Gasteiger charge is -2.36. The van der Waals surface area contributed by atoms with Gasteiger partial charge in [0.25, 0.3) is 0 Å². The van der Waals surface area contributed by atoms with Crippen molar-refractivity contribution in [2.45, 2.75) is 31.3 Å². The number of carbonyl (C=O) groups excluding carboxylic acids is 1. The predicted molar refractivity (Wildman–Crippen MR) is 65.3 cm³/mol. The molecule has 3 rings (SSSR count). The molecule has 0 spiro atoms. The third kappa shape index (κ3) is 1.68. The lowest BCUT2D eigenvalue weighted by atomic mass is 9.78. The monoisotopic (exact) mass is 247 g/mol. The van der Waals surface area contributed by atoms with Crippen LogP contribution in [-0.4, -0.2) is 6.16 Å². The number of hydrogen-bond donors (Lipinski definition) is 1. The number of hydrogen-bond acceptors (Lipinski definition) is 4. The molecule has 3 unspecified atom stereocenters. The normalized spacial score (nSPS) is 33.4. The summed E-state index contributed by atoms with van der Waals surface area (Å²) in [4.78, 5) is 15.7. The number of nitrogens with two attached hydrogens (primary N) is 1. The number of benzene rings is 1. The van der Waals surface area contributed by atoms with Gasteiger partial charge in [0, 0.05) is 5.92 Å². The second-order valence-corrected chi connectivity index (χ2v) is 5.31. The van der Waals surface area contributed by atoms with E-state index in [9.17, 15) is 4.79 Å². The molecule has 0 aliphatic heterocycles. The smallest absolute Gasteiger partial charge is 0.421 e. The Bertz CT molecular complexity index is 448. The van der Waals surface area contributed by atoms with Gasteiger partial charge in [-0.25, -0.2) is 4.79 Å². The molecular formula is C14H17NO3. The zero-order valence-electron chi connectivity index (χ0n) is 10.2. The molecule has 4 nitrogen and oxygen atoms in total. The highest BCUT2D eigenvalue weighted by atomic mass is 16.8. The summed E-state index contributed by atoms with van der Waals surface area (Å²) >= 11 is 0. The Morgan fingerprint density at radius 1 is 1.28 bits per heavy atom. The highest BCUT2D eigenvalue weighted by Gasteiger charge is 2.55. The van der Waals surface area contributed by atoms with Crippen LogP contribution in [0.3, 0.4) is 0 Å². The predicted octanol–water partition coefficient (Wildman–Crippen LogP) is 2.73. The Morgan fingerprint density at radius 3 is 2.61 bits per heavy atom. The van der Waals surface area contributed by atoms with E-state index < -0.39 is 11.8 Å². The highest BCUT2D eigenvalue weighted by Crippen LogP contribution is 2.57. The number of rotatable bonds is 2. The fraction of sp³-hybridized carbons (Fsp3) is 0.500. The van der Waals surface area contributed by atoms with Gasteiger partial charge >= 0.3 is 6.16 Å². The second-order valence-electron chi connectivity index (χ2n) is 5.31. The third-order valence-electron chi connectivity index (χ3n) is 4.42. The average molecular weight is 247 g/mol. The van der Waals surface area contributed by atoms with E-state index in [1.54, 1.807) is 0 Å². The van der Waals surface area contributed by atoms with Crippen molar-refractivity contribution in [2.24, 2.45) is 17.7 Å². The standard InChI is InChI=1S/C14H17NO3/c15-18-13(16)17-14(11-4-2-1-3-5-11)9-10-6-7-12(14)8-10/h1-5,10,12H,6-9,15H2. The van der Waals surface area contributed by atoms with Gasteiger partial charge in [-0.3, -0.25) is 0 Å². The van der Waals surface area contributed by atoms with Gasteiger partial charge < -0.3 is 9.57 Å². The van der Waals surface area contributed by atoms with Crippen molar-refractivity contribution < 1.29 is 14.4 Å². The molecule has 96 valence electrons. The van der Waals surface area contributed by atoms with Crippen LogP contribution >= 0.6 is 0 Å². The molecule has 1 aromatic carbocycles. The SMILES string of the molecule is NOC(=O)OC1(c2ccccc2)CC2CCC1C2. The van der Waals surface area contributed by atoms with Crippen molar-refractivity contribution in [1.29, 1.82) is 0 Å². The minimum absolute atomic E-state index is 0.393. The first-order valence-corrected chi connectivity index (χ1v) is 6.40. The average Bonchev–Trinajstić information content (AvgIpc) is 3.00. The number of fused-ring (bicyclic) bond motifs is 2. The minimum atomic E-state index is -0.786. The number of ether oxygens (including phenoxy) is 1. The van der Waals surface area contributed by atoms with Crippen LogP contribution in [0.1, 0.15) is 31.2 Å². The van der Waals surface area contributed by atoms with Crippen molar-refractivity contribution in [3.63, 3.8) is 0 Å². The van der Waals surface area contributed by atoms with Crippen molar-refractivity contribution in [1.82, 2.24) is 0 Å². The quantitative estimate of drug-likeness (QED) is 0.644. The van der Waals surface area contributed by atoms with Gasteiger partial charge in [0.2, 0.25) is 0 Å². The first-order chi connectivity index (χ1) is 8.74. The summed E-state index contributed by atoms with van der Waals surface area (Å²) in [7, 11) is 0. The lowest BCUT2D eigenvalue weighted by Crippen LogP contribution is -2.38. The molecule has 2 aliphatic rings. The van der Waals surface area contributed by atoms with Crippen LogP contribution in [0.15, 0.2) is 30.3 Å². The van der Waals surface area contributed by atoms with Crippen LogP contribution in [0, 0.1) is 11.8 Å². The zero-order valence-corrected chi connectivity index (χ0v) is 10.2. The van der Waals surface area contributed by atoms with Crippen LogP contribution in [0.4, 0.5) is 4.79 Å². The van der Waals surface area contributed by atoms with E-state index >= 15 is 0 Å². The second kappa shape index (κ2) is 4.28. The van der Waals surface area contributed by atoms with Crippen LogP contribution in [0.25, 0.3) is 0 Å². The van der Waals surface area contributed by atoms with Crippen LogP contribution in [-0.2, 0) is 15.2 Å². The fourth-order valence-corrected chi connectivity index (χ4v) is 3.71. The summed E-state index contributed by atoms with van der Waals surface area (Å²) in [5.41, 5.74) is 0.531. The van der Waals surface area contributed by atoms with E-state index in [1.807, 2.05) is 30.3 Å². The first-order valence-electron chi connectivity index (χ1n) is 6.40. The molecule has 0 aromatic heterocycles. The van der Waals surface area contributed by atoms with E-state index in [0.29, 0.717) is 11.8 Å². The molecule has 4 heteroatoms. The Morgan fingerprint density at radius 2 is 2.06 bits per heavy atom. The molecule has 2 aliphatic carbocycles. The Balaban J connectivity index is 1.97. The van der Waals surface area contributed by atoms with Gasteiger partial charge in [-0.2, -0.15) is 5.90 Å². The van der Waals surface area contributed by atoms with E-state index in [0.717, 1.165) is 24.8 Å². The summed E-state index contributed by atoms with van der Waals surface area (Å²) in [5.74, 6) is 5.96. The molecule has 0 saturated heterocycles. The van der Waals surface area contributed by atoms with Gasteiger partial charge in [0.15, 0.2) is 0 Å². The highest BCUT2D eigenvalue weighted by molar-refractivity contribution is 5.60. The molecular weight excluding hydrogens is 230 g/mol. The molecule has 0 amide bonds. The molecule has 1 aromatic rings. The van der Waals surface area contributed by atoms with Gasteiger partial charge in [-0.15, -0.1) is 0 Å². The molecule has 2 N–H and O–H groups in total. The Labute approximate surface area is 106 Å². The number of carbonyl (C=O) groups is 1. The van der Waals surface area contributed by atoms with Gasteiger partial charge in [0.05, 0.1) is 0 Å². The van der Waals surface area contributed by atoms with Crippen LogP contribution in [0.5, 0.6) is 0 Å². The van der Waals surface area contributed by atoms with Crippen molar-refractivity contribution in [3.8, 4) is 0 Å². The first kappa shape index (κ1) is 11.5. The molecule has 0 heterocycles. The molecule has 2 fully saturated rings. The third-order valence-corrected chi connectivity index (χ3v) is 4.42. The molecule has 3 atom stereocenters. The largest absolute Gasteiger partial charge is 0.528 e. The Kier molecular flexibility index (Phi) is 2.74. The summed E-state index contributed by atoms with van der Waals surface area (Å²) in [6.45, 7) is 0. The zero-order chi connectivity index (χ0) is 12.6. The molecule has 2 saturated carbocycles.